The van der Waals surface area contributed by atoms with Crippen molar-refractivity contribution in [2.45, 2.75) is 19.0 Å². The van der Waals surface area contributed by atoms with Crippen LogP contribution < -0.4 is 14.4 Å². The quantitative estimate of drug-likeness (QED) is 0.581. The summed E-state index contributed by atoms with van der Waals surface area (Å²) in [5, 5.41) is 3.02. The van der Waals surface area contributed by atoms with Gasteiger partial charge in [0.05, 0.1) is 25.1 Å². The minimum Gasteiger partial charge on any atom is -0.497 e. The first-order chi connectivity index (χ1) is 14.8. The summed E-state index contributed by atoms with van der Waals surface area (Å²) in [7, 11) is -2.23. The molecule has 7 heteroatoms. The van der Waals surface area contributed by atoms with Crippen molar-refractivity contribution in [1.29, 1.82) is 0 Å². The Hall–Kier alpha value is -3.32. The number of anilines is 1. The molecule has 1 atom stereocenters. The lowest BCUT2D eigenvalue weighted by molar-refractivity contribution is -0.122. The SMILES string of the molecule is COc1cccc(N([C@@H](C)C(=O)NC(c2ccccc2)c2ccccc2)S(C)(=O)=O)c1. The Kier molecular flexibility index (Phi) is 6.97. The monoisotopic (exact) mass is 438 g/mol. The van der Waals surface area contributed by atoms with Gasteiger partial charge in [0, 0.05) is 6.07 Å². The third-order valence-electron chi connectivity index (χ3n) is 4.95. The van der Waals surface area contributed by atoms with Crippen molar-refractivity contribution in [3.05, 3.63) is 96.1 Å². The van der Waals surface area contributed by atoms with Gasteiger partial charge in [-0.2, -0.15) is 0 Å². The molecule has 0 spiro atoms. The molecule has 0 radical (unpaired) electrons. The normalized spacial score (nSPS) is 12.3. The van der Waals surface area contributed by atoms with Crippen LogP contribution in [-0.4, -0.2) is 33.7 Å². The molecule has 0 heterocycles. The number of nitrogens with zero attached hydrogens (tertiary/aromatic N) is 1. The molecule has 3 rings (SSSR count). The maximum Gasteiger partial charge on any atom is 0.244 e. The van der Waals surface area contributed by atoms with Crippen molar-refractivity contribution in [3.63, 3.8) is 0 Å². The topological polar surface area (TPSA) is 75.7 Å². The standard InChI is InChI=1S/C24H26N2O4S/c1-18(26(31(3,28)29)21-15-10-16-22(17-21)30-2)24(27)25-23(19-11-6-4-7-12-19)20-13-8-5-9-14-20/h4-18,23H,1-3H3,(H,25,27)/t18-/m0/s1. The lowest BCUT2D eigenvalue weighted by Crippen LogP contribution is -2.48. The molecule has 6 nitrogen and oxygen atoms in total. The van der Waals surface area contributed by atoms with Gasteiger partial charge in [-0.25, -0.2) is 8.42 Å². The van der Waals surface area contributed by atoms with Gasteiger partial charge in [-0.1, -0.05) is 66.7 Å². The predicted octanol–water partition coefficient (Wildman–Crippen LogP) is 3.76. The van der Waals surface area contributed by atoms with Crippen molar-refractivity contribution < 1.29 is 17.9 Å². The Morgan fingerprint density at radius 2 is 1.45 bits per heavy atom. The summed E-state index contributed by atoms with van der Waals surface area (Å²) in [5.41, 5.74) is 2.17. The van der Waals surface area contributed by atoms with Crippen molar-refractivity contribution in [3.8, 4) is 5.75 Å². The fourth-order valence-corrected chi connectivity index (χ4v) is 4.64. The number of carbonyl (C=O) groups excluding carboxylic acids is 1. The Bertz CT molecular complexity index is 1080. The zero-order chi connectivity index (χ0) is 22.4. The highest BCUT2D eigenvalue weighted by molar-refractivity contribution is 7.92. The van der Waals surface area contributed by atoms with Crippen molar-refractivity contribution in [2.75, 3.05) is 17.7 Å². The maximum atomic E-state index is 13.3. The highest BCUT2D eigenvalue weighted by Gasteiger charge is 2.31. The van der Waals surface area contributed by atoms with Gasteiger partial charge in [-0.05, 0) is 30.2 Å². The van der Waals surface area contributed by atoms with E-state index in [0.717, 1.165) is 21.7 Å². The second-order valence-electron chi connectivity index (χ2n) is 7.20. The minimum absolute atomic E-state index is 0.362. The zero-order valence-corrected chi connectivity index (χ0v) is 18.5. The first-order valence-corrected chi connectivity index (χ1v) is 11.7. The summed E-state index contributed by atoms with van der Waals surface area (Å²) in [6.45, 7) is 1.57. The highest BCUT2D eigenvalue weighted by Crippen LogP contribution is 2.27. The summed E-state index contributed by atoms with van der Waals surface area (Å²) in [5.74, 6) is 0.0937. The van der Waals surface area contributed by atoms with Gasteiger partial charge >= 0.3 is 0 Å². The van der Waals surface area contributed by atoms with Crippen LogP contribution in [0.1, 0.15) is 24.1 Å². The molecule has 0 aliphatic heterocycles. The molecule has 1 N–H and O–H groups in total. The van der Waals surface area contributed by atoms with E-state index in [1.165, 1.54) is 7.11 Å². The van der Waals surface area contributed by atoms with E-state index in [-0.39, 0.29) is 0 Å². The third kappa shape index (κ3) is 5.44. The van der Waals surface area contributed by atoms with Crippen LogP contribution in [0.4, 0.5) is 5.69 Å². The van der Waals surface area contributed by atoms with Gasteiger partial charge in [0.2, 0.25) is 15.9 Å². The molecule has 0 aliphatic rings. The Morgan fingerprint density at radius 1 is 0.903 bits per heavy atom. The number of hydrogen-bond donors (Lipinski definition) is 1. The first kappa shape index (κ1) is 22.4. The molecular weight excluding hydrogens is 412 g/mol. The van der Waals surface area contributed by atoms with E-state index in [2.05, 4.69) is 5.32 Å². The predicted molar refractivity (Wildman–Crippen MR) is 123 cm³/mol. The van der Waals surface area contributed by atoms with Gasteiger partial charge in [0.25, 0.3) is 0 Å². The number of ether oxygens (including phenoxy) is 1. The summed E-state index contributed by atoms with van der Waals surface area (Å²) in [4.78, 5) is 13.3. The van der Waals surface area contributed by atoms with Crippen molar-refractivity contribution in [1.82, 2.24) is 5.32 Å². The average Bonchev–Trinajstić information content (AvgIpc) is 2.77. The van der Waals surface area contributed by atoms with E-state index in [4.69, 9.17) is 4.74 Å². The molecule has 3 aromatic carbocycles. The molecule has 1 amide bonds. The summed E-state index contributed by atoms with van der Waals surface area (Å²) in [6, 6.07) is 24.4. The lowest BCUT2D eigenvalue weighted by Gasteiger charge is -2.30. The number of amides is 1. The van der Waals surface area contributed by atoms with Crippen molar-refractivity contribution in [2.24, 2.45) is 0 Å². The average molecular weight is 439 g/mol. The maximum absolute atomic E-state index is 13.3. The van der Waals surface area contributed by atoms with Crippen LogP contribution in [0.5, 0.6) is 5.75 Å². The molecule has 0 aliphatic carbocycles. The first-order valence-electron chi connectivity index (χ1n) is 9.85. The molecule has 0 saturated carbocycles. The van der Waals surface area contributed by atoms with Crippen molar-refractivity contribution >= 4 is 21.6 Å². The van der Waals surface area contributed by atoms with Crippen LogP contribution in [0, 0.1) is 0 Å². The molecule has 0 bridgehead atoms. The molecule has 3 aromatic rings. The molecular formula is C24H26N2O4S. The van der Waals surface area contributed by atoms with Crippen LogP contribution in [-0.2, 0) is 14.8 Å². The van der Waals surface area contributed by atoms with E-state index >= 15 is 0 Å². The van der Waals surface area contributed by atoms with E-state index in [0.29, 0.717) is 11.4 Å². The molecule has 0 saturated heterocycles. The fourth-order valence-electron chi connectivity index (χ4n) is 3.47. The number of nitrogens with one attached hydrogen (secondary N) is 1. The largest absolute Gasteiger partial charge is 0.497 e. The second-order valence-corrected chi connectivity index (χ2v) is 9.06. The van der Waals surface area contributed by atoms with E-state index in [1.54, 1.807) is 31.2 Å². The van der Waals surface area contributed by atoms with Crippen LogP contribution >= 0.6 is 0 Å². The Labute approximate surface area is 183 Å². The highest BCUT2D eigenvalue weighted by atomic mass is 32.2. The Balaban J connectivity index is 1.94. The van der Waals surface area contributed by atoms with Crippen LogP contribution in [0.15, 0.2) is 84.9 Å². The minimum atomic E-state index is -3.74. The smallest absolute Gasteiger partial charge is 0.244 e. The molecule has 31 heavy (non-hydrogen) atoms. The summed E-state index contributed by atoms with van der Waals surface area (Å²) < 4.78 is 31.5. The molecule has 0 aromatic heterocycles. The van der Waals surface area contributed by atoms with E-state index in [1.807, 2.05) is 60.7 Å². The lowest BCUT2D eigenvalue weighted by atomic mass is 9.98. The Morgan fingerprint density at radius 3 is 1.94 bits per heavy atom. The number of hydrogen-bond acceptors (Lipinski definition) is 4. The fraction of sp³-hybridized carbons (Fsp3) is 0.208. The number of sulfonamides is 1. The van der Waals surface area contributed by atoms with Crippen LogP contribution in [0.3, 0.4) is 0 Å². The summed E-state index contributed by atoms with van der Waals surface area (Å²) in [6.07, 6.45) is 1.09. The van der Waals surface area contributed by atoms with Crippen LogP contribution in [0.2, 0.25) is 0 Å². The van der Waals surface area contributed by atoms with Gasteiger partial charge in [0.15, 0.2) is 0 Å². The second kappa shape index (κ2) is 9.66. The summed E-state index contributed by atoms with van der Waals surface area (Å²) >= 11 is 0. The van der Waals surface area contributed by atoms with E-state index in [9.17, 15) is 13.2 Å². The number of benzene rings is 3. The molecule has 0 fully saturated rings. The van der Waals surface area contributed by atoms with Gasteiger partial charge < -0.3 is 10.1 Å². The number of carbonyl (C=O) groups is 1. The van der Waals surface area contributed by atoms with Gasteiger partial charge in [0.1, 0.15) is 11.8 Å². The third-order valence-corrected chi connectivity index (χ3v) is 6.19. The van der Waals surface area contributed by atoms with Gasteiger partial charge in [-0.15, -0.1) is 0 Å². The number of rotatable bonds is 8. The zero-order valence-electron chi connectivity index (χ0n) is 17.7. The van der Waals surface area contributed by atoms with E-state index < -0.39 is 28.0 Å². The molecule has 162 valence electrons. The number of methoxy groups -OCH3 is 1. The van der Waals surface area contributed by atoms with Gasteiger partial charge in [-0.3, -0.25) is 9.10 Å². The molecule has 0 unspecified atom stereocenters. The van der Waals surface area contributed by atoms with Crippen LogP contribution in [0.25, 0.3) is 0 Å².